The van der Waals surface area contributed by atoms with Gasteiger partial charge in [-0.1, -0.05) is 6.42 Å². The summed E-state index contributed by atoms with van der Waals surface area (Å²) in [6.07, 6.45) is 7.55. The fourth-order valence-corrected chi connectivity index (χ4v) is 2.28. The minimum Gasteiger partial charge on any atom is -0.328 e. The van der Waals surface area contributed by atoms with E-state index >= 15 is 0 Å². The van der Waals surface area contributed by atoms with Gasteiger partial charge in [0.2, 0.25) is 0 Å². The summed E-state index contributed by atoms with van der Waals surface area (Å²) in [5, 5.41) is 4.08. The molecule has 0 spiro atoms. The minimum atomic E-state index is 0.405. The Bertz CT molecular complexity index is 294. The Kier molecular flexibility index (Phi) is 2.82. The van der Waals surface area contributed by atoms with Crippen LogP contribution in [0.4, 0.5) is 0 Å². The second-order valence-electron chi connectivity index (χ2n) is 4.30. The monoisotopic (exact) mass is 194 g/mol. The van der Waals surface area contributed by atoms with Crippen LogP contribution in [0.15, 0.2) is 6.33 Å². The van der Waals surface area contributed by atoms with E-state index in [1.807, 2.05) is 11.7 Å². The Morgan fingerprint density at radius 2 is 2.43 bits per heavy atom. The largest absolute Gasteiger partial charge is 0.328 e. The standard InChI is InChI=1S/C10H18N4/c1-14-10(12-7-13-14)6-8-3-2-4-9(11)5-8/h7-9H,2-6,11H2,1H3. The molecule has 0 amide bonds. The Morgan fingerprint density at radius 3 is 3.07 bits per heavy atom. The van der Waals surface area contributed by atoms with E-state index in [0.717, 1.165) is 18.7 Å². The number of nitrogens with zero attached hydrogens (tertiary/aromatic N) is 3. The zero-order chi connectivity index (χ0) is 9.97. The first-order valence-electron chi connectivity index (χ1n) is 5.34. The van der Waals surface area contributed by atoms with E-state index in [4.69, 9.17) is 5.73 Å². The maximum absolute atomic E-state index is 5.95. The van der Waals surface area contributed by atoms with Gasteiger partial charge in [-0.25, -0.2) is 4.98 Å². The van der Waals surface area contributed by atoms with Gasteiger partial charge < -0.3 is 5.73 Å². The van der Waals surface area contributed by atoms with Crippen LogP contribution in [-0.2, 0) is 13.5 Å². The number of hydrogen-bond donors (Lipinski definition) is 1. The molecule has 0 aromatic carbocycles. The molecule has 2 rings (SSSR count). The third-order valence-electron chi connectivity index (χ3n) is 3.10. The Morgan fingerprint density at radius 1 is 1.57 bits per heavy atom. The van der Waals surface area contributed by atoms with Crippen molar-refractivity contribution in [2.75, 3.05) is 0 Å². The lowest BCUT2D eigenvalue weighted by Gasteiger charge is -2.25. The highest BCUT2D eigenvalue weighted by atomic mass is 15.3. The van der Waals surface area contributed by atoms with Crippen LogP contribution >= 0.6 is 0 Å². The Hall–Kier alpha value is -0.900. The lowest BCUT2D eigenvalue weighted by Crippen LogP contribution is -2.29. The summed E-state index contributed by atoms with van der Waals surface area (Å²) in [4.78, 5) is 4.25. The second-order valence-corrected chi connectivity index (χ2v) is 4.30. The van der Waals surface area contributed by atoms with Crippen molar-refractivity contribution < 1.29 is 0 Å². The van der Waals surface area contributed by atoms with Crippen LogP contribution in [0.5, 0.6) is 0 Å². The third kappa shape index (κ3) is 2.12. The van der Waals surface area contributed by atoms with Gasteiger partial charge in [-0.05, 0) is 25.2 Å². The molecule has 1 aliphatic rings. The molecule has 1 aromatic rings. The van der Waals surface area contributed by atoms with Crippen LogP contribution in [0.25, 0.3) is 0 Å². The van der Waals surface area contributed by atoms with Crippen molar-refractivity contribution in [3.8, 4) is 0 Å². The van der Waals surface area contributed by atoms with Crippen LogP contribution in [0.1, 0.15) is 31.5 Å². The first-order valence-corrected chi connectivity index (χ1v) is 5.34. The summed E-state index contributed by atoms with van der Waals surface area (Å²) >= 11 is 0. The first kappa shape index (κ1) is 9.65. The highest BCUT2D eigenvalue weighted by Gasteiger charge is 2.20. The van der Waals surface area contributed by atoms with Gasteiger partial charge in [0, 0.05) is 19.5 Å². The molecule has 1 saturated carbocycles. The Balaban J connectivity index is 1.94. The lowest BCUT2D eigenvalue weighted by molar-refractivity contribution is 0.314. The molecule has 2 atom stereocenters. The normalized spacial score (nSPS) is 27.9. The summed E-state index contributed by atoms with van der Waals surface area (Å²) in [6.45, 7) is 0. The molecule has 1 heterocycles. The van der Waals surface area contributed by atoms with E-state index in [9.17, 15) is 0 Å². The second kappa shape index (κ2) is 4.09. The molecule has 1 fully saturated rings. The third-order valence-corrected chi connectivity index (χ3v) is 3.10. The van der Waals surface area contributed by atoms with Gasteiger partial charge in [0.15, 0.2) is 0 Å². The van der Waals surface area contributed by atoms with Gasteiger partial charge in [0.05, 0.1) is 0 Å². The first-order chi connectivity index (χ1) is 6.75. The average Bonchev–Trinajstić information content (AvgIpc) is 2.52. The highest BCUT2D eigenvalue weighted by Crippen LogP contribution is 2.25. The lowest BCUT2D eigenvalue weighted by atomic mass is 9.84. The van der Waals surface area contributed by atoms with E-state index in [0.29, 0.717) is 12.0 Å². The molecular weight excluding hydrogens is 176 g/mol. The summed E-state index contributed by atoms with van der Waals surface area (Å²) in [5.74, 6) is 1.80. The number of aryl methyl sites for hydroxylation is 1. The van der Waals surface area contributed by atoms with E-state index in [1.165, 1.54) is 19.3 Å². The number of hydrogen-bond acceptors (Lipinski definition) is 3. The van der Waals surface area contributed by atoms with Crippen molar-refractivity contribution in [1.29, 1.82) is 0 Å². The number of rotatable bonds is 2. The zero-order valence-electron chi connectivity index (χ0n) is 8.69. The zero-order valence-corrected chi connectivity index (χ0v) is 8.69. The van der Waals surface area contributed by atoms with Crippen LogP contribution in [0, 0.1) is 5.92 Å². The van der Waals surface area contributed by atoms with Crippen molar-refractivity contribution in [1.82, 2.24) is 14.8 Å². The van der Waals surface area contributed by atoms with Crippen molar-refractivity contribution in [2.24, 2.45) is 18.7 Å². The topological polar surface area (TPSA) is 56.7 Å². The minimum absolute atomic E-state index is 0.405. The van der Waals surface area contributed by atoms with Gasteiger partial charge in [0.25, 0.3) is 0 Å². The quantitative estimate of drug-likeness (QED) is 0.760. The van der Waals surface area contributed by atoms with Crippen molar-refractivity contribution >= 4 is 0 Å². The molecule has 4 nitrogen and oxygen atoms in total. The Labute approximate surface area is 84.5 Å². The van der Waals surface area contributed by atoms with E-state index < -0.39 is 0 Å². The van der Waals surface area contributed by atoms with Gasteiger partial charge >= 0.3 is 0 Å². The van der Waals surface area contributed by atoms with Crippen molar-refractivity contribution in [3.63, 3.8) is 0 Å². The molecule has 2 unspecified atom stereocenters. The number of aromatic nitrogens is 3. The summed E-state index contributed by atoms with van der Waals surface area (Å²) in [7, 11) is 1.95. The molecule has 1 aromatic heterocycles. The summed E-state index contributed by atoms with van der Waals surface area (Å²) in [6, 6.07) is 0.405. The maximum atomic E-state index is 5.95. The average molecular weight is 194 g/mol. The molecule has 0 bridgehead atoms. The summed E-state index contributed by atoms with van der Waals surface area (Å²) < 4.78 is 1.86. The molecule has 0 radical (unpaired) electrons. The van der Waals surface area contributed by atoms with Crippen LogP contribution in [0.3, 0.4) is 0 Å². The van der Waals surface area contributed by atoms with Gasteiger partial charge in [-0.2, -0.15) is 5.10 Å². The smallest absolute Gasteiger partial charge is 0.138 e. The van der Waals surface area contributed by atoms with Gasteiger partial charge in [-0.15, -0.1) is 0 Å². The fourth-order valence-electron chi connectivity index (χ4n) is 2.28. The fraction of sp³-hybridized carbons (Fsp3) is 0.800. The molecule has 14 heavy (non-hydrogen) atoms. The van der Waals surface area contributed by atoms with Crippen molar-refractivity contribution in [3.05, 3.63) is 12.2 Å². The van der Waals surface area contributed by atoms with E-state index in [1.54, 1.807) is 6.33 Å². The molecule has 0 aliphatic heterocycles. The maximum Gasteiger partial charge on any atom is 0.138 e. The predicted molar refractivity (Wildman–Crippen MR) is 54.6 cm³/mol. The van der Waals surface area contributed by atoms with Crippen LogP contribution < -0.4 is 5.73 Å². The van der Waals surface area contributed by atoms with E-state index in [2.05, 4.69) is 10.1 Å². The molecule has 0 saturated heterocycles. The van der Waals surface area contributed by atoms with Gasteiger partial charge in [0.1, 0.15) is 12.2 Å². The highest BCUT2D eigenvalue weighted by molar-refractivity contribution is 4.88. The molecule has 78 valence electrons. The molecular formula is C10H18N4. The SMILES string of the molecule is Cn1ncnc1CC1CCCC(N)C1. The van der Waals surface area contributed by atoms with E-state index in [-0.39, 0.29) is 0 Å². The molecule has 2 N–H and O–H groups in total. The number of nitrogens with two attached hydrogens (primary N) is 1. The van der Waals surface area contributed by atoms with Crippen LogP contribution in [-0.4, -0.2) is 20.8 Å². The molecule has 4 heteroatoms. The molecule has 1 aliphatic carbocycles. The van der Waals surface area contributed by atoms with Crippen molar-refractivity contribution in [2.45, 2.75) is 38.1 Å². The van der Waals surface area contributed by atoms with Gasteiger partial charge in [-0.3, -0.25) is 4.68 Å². The van der Waals surface area contributed by atoms with Crippen LogP contribution in [0.2, 0.25) is 0 Å². The predicted octanol–water partition coefficient (Wildman–Crippen LogP) is 0.875. The summed E-state index contributed by atoms with van der Waals surface area (Å²) in [5.41, 5.74) is 5.95.